The number of nitrogen functional groups attached to an aromatic ring is 1. The van der Waals surface area contributed by atoms with Crippen LogP contribution >= 0.6 is 0 Å². The summed E-state index contributed by atoms with van der Waals surface area (Å²) < 4.78 is 0. The molecule has 0 aromatic heterocycles. The van der Waals surface area contributed by atoms with Crippen LogP contribution in [0.1, 0.15) is 15.9 Å². The summed E-state index contributed by atoms with van der Waals surface area (Å²) in [4.78, 5) is 24.9. The Bertz CT molecular complexity index is 461. The van der Waals surface area contributed by atoms with E-state index < -0.39 is 0 Å². The first-order valence-corrected chi connectivity index (χ1v) is 5.78. The lowest BCUT2D eigenvalue weighted by atomic mass is 10.1. The summed E-state index contributed by atoms with van der Waals surface area (Å²) in [5, 5.41) is 2.77. The van der Waals surface area contributed by atoms with Crippen LogP contribution in [-0.2, 0) is 11.3 Å². The van der Waals surface area contributed by atoms with Crippen molar-refractivity contribution in [3.05, 3.63) is 35.4 Å². The highest BCUT2D eigenvalue weighted by molar-refractivity contribution is 5.95. The van der Waals surface area contributed by atoms with Crippen molar-refractivity contribution in [1.82, 2.24) is 15.6 Å². The molecule has 0 unspecified atom stereocenters. The minimum absolute atomic E-state index is 0.0157. The van der Waals surface area contributed by atoms with E-state index in [-0.39, 0.29) is 11.8 Å². The maximum atomic E-state index is 11.6. The third-order valence-electron chi connectivity index (χ3n) is 2.90. The molecule has 1 heterocycles. The first-order chi connectivity index (χ1) is 8.70. The highest BCUT2D eigenvalue weighted by Gasteiger charge is 2.18. The van der Waals surface area contributed by atoms with Crippen LogP contribution in [0.15, 0.2) is 24.3 Å². The van der Waals surface area contributed by atoms with E-state index in [9.17, 15) is 9.59 Å². The summed E-state index contributed by atoms with van der Waals surface area (Å²) in [5.41, 5.74) is 3.55. The Kier molecular flexibility index (Phi) is 3.91. The van der Waals surface area contributed by atoms with Crippen LogP contribution < -0.4 is 16.6 Å². The van der Waals surface area contributed by atoms with E-state index in [1.807, 2.05) is 17.0 Å². The van der Waals surface area contributed by atoms with Gasteiger partial charge in [-0.2, -0.15) is 0 Å². The van der Waals surface area contributed by atoms with E-state index in [4.69, 9.17) is 5.84 Å². The smallest absolute Gasteiger partial charge is 0.265 e. The summed E-state index contributed by atoms with van der Waals surface area (Å²) >= 11 is 0. The number of nitrogens with zero attached hydrogens (tertiary/aromatic N) is 1. The second kappa shape index (κ2) is 5.61. The van der Waals surface area contributed by atoms with Crippen molar-refractivity contribution in [2.24, 2.45) is 5.84 Å². The number of hydrazine groups is 1. The molecule has 4 N–H and O–H groups in total. The molecular formula is C12H16N4O2. The van der Waals surface area contributed by atoms with Gasteiger partial charge in [-0.3, -0.25) is 19.9 Å². The minimum Gasteiger partial charge on any atom is -0.354 e. The van der Waals surface area contributed by atoms with Crippen LogP contribution in [0.5, 0.6) is 0 Å². The molecule has 1 aromatic carbocycles. The molecule has 0 radical (unpaired) electrons. The molecule has 1 aromatic rings. The van der Waals surface area contributed by atoms with Crippen molar-refractivity contribution < 1.29 is 9.59 Å². The van der Waals surface area contributed by atoms with Crippen LogP contribution in [-0.4, -0.2) is 36.3 Å². The maximum absolute atomic E-state index is 11.6. The first-order valence-electron chi connectivity index (χ1n) is 5.78. The van der Waals surface area contributed by atoms with Crippen molar-refractivity contribution in [3.8, 4) is 0 Å². The molecule has 6 nitrogen and oxygen atoms in total. The number of carbonyl (C=O) groups excluding carboxylic acids is 2. The quantitative estimate of drug-likeness (QED) is 0.372. The van der Waals surface area contributed by atoms with E-state index in [0.29, 0.717) is 25.2 Å². The Morgan fingerprint density at radius 3 is 2.94 bits per heavy atom. The number of hydrogen-bond donors (Lipinski definition) is 3. The Morgan fingerprint density at radius 1 is 1.44 bits per heavy atom. The van der Waals surface area contributed by atoms with Crippen molar-refractivity contribution in [2.45, 2.75) is 6.54 Å². The predicted octanol–water partition coefficient (Wildman–Crippen LogP) is -0.778. The Balaban J connectivity index is 2.13. The fraction of sp³-hybridized carbons (Fsp3) is 0.333. The molecular weight excluding hydrogens is 232 g/mol. The second-order valence-electron chi connectivity index (χ2n) is 4.19. The van der Waals surface area contributed by atoms with Gasteiger partial charge in [-0.05, 0) is 11.6 Å². The molecule has 2 rings (SSSR count). The van der Waals surface area contributed by atoms with Crippen molar-refractivity contribution >= 4 is 11.8 Å². The molecule has 0 atom stereocenters. The number of nitrogens with one attached hydrogen (secondary N) is 2. The number of carbonyl (C=O) groups is 2. The lowest BCUT2D eigenvalue weighted by Crippen LogP contribution is -2.47. The topological polar surface area (TPSA) is 87.5 Å². The first kappa shape index (κ1) is 12.5. The molecule has 1 aliphatic rings. The molecule has 6 heteroatoms. The van der Waals surface area contributed by atoms with Crippen LogP contribution in [0.3, 0.4) is 0 Å². The fourth-order valence-electron chi connectivity index (χ4n) is 2.02. The number of rotatable bonds is 3. The molecule has 0 spiro atoms. The van der Waals surface area contributed by atoms with Gasteiger partial charge in [0.05, 0.1) is 6.54 Å². The fourth-order valence-corrected chi connectivity index (χ4v) is 2.02. The SMILES string of the molecule is NNC(=O)c1ccccc1CN1CCNC(=O)C1. The second-order valence-corrected chi connectivity index (χ2v) is 4.19. The van der Waals surface area contributed by atoms with Gasteiger partial charge in [-0.1, -0.05) is 18.2 Å². The molecule has 0 saturated carbocycles. The highest BCUT2D eigenvalue weighted by Crippen LogP contribution is 2.12. The number of hydrogen-bond acceptors (Lipinski definition) is 4. The summed E-state index contributed by atoms with van der Waals surface area (Å²) in [7, 11) is 0. The summed E-state index contributed by atoms with van der Waals surface area (Å²) in [5.74, 6) is 4.85. The van der Waals surface area contributed by atoms with Gasteiger partial charge < -0.3 is 5.32 Å². The van der Waals surface area contributed by atoms with Gasteiger partial charge in [-0.15, -0.1) is 0 Å². The summed E-state index contributed by atoms with van der Waals surface area (Å²) in [6, 6.07) is 7.25. The van der Waals surface area contributed by atoms with E-state index in [2.05, 4.69) is 10.7 Å². The van der Waals surface area contributed by atoms with Crippen LogP contribution in [0, 0.1) is 0 Å². The van der Waals surface area contributed by atoms with Gasteiger partial charge >= 0.3 is 0 Å². The molecule has 96 valence electrons. The van der Waals surface area contributed by atoms with Crippen molar-refractivity contribution in [2.75, 3.05) is 19.6 Å². The standard InChI is InChI=1S/C12H16N4O2/c13-15-12(18)10-4-2-1-3-9(10)7-16-6-5-14-11(17)8-16/h1-4H,5-8,13H2,(H,14,17)(H,15,18). The van der Waals surface area contributed by atoms with E-state index in [1.54, 1.807) is 12.1 Å². The van der Waals surface area contributed by atoms with Crippen LogP contribution in [0.25, 0.3) is 0 Å². The van der Waals surface area contributed by atoms with Gasteiger partial charge in [0.15, 0.2) is 0 Å². The number of nitrogens with two attached hydrogens (primary N) is 1. The maximum Gasteiger partial charge on any atom is 0.265 e. The molecule has 1 aliphatic heterocycles. The lowest BCUT2D eigenvalue weighted by Gasteiger charge is -2.27. The lowest BCUT2D eigenvalue weighted by molar-refractivity contribution is -0.124. The molecule has 2 amide bonds. The Morgan fingerprint density at radius 2 is 2.22 bits per heavy atom. The van der Waals surface area contributed by atoms with Gasteiger partial charge in [0.1, 0.15) is 0 Å². The molecule has 18 heavy (non-hydrogen) atoms. The summed E-state index contributed by atoms with van der Waals surface area (Å²) in [6.07, 6.45) is 0. The number of amides is 2. The zero-order chi connectivity index (χ0) is 13.0. The van der Waals surface area contributed by atoms with Gasteiger partial charge in [0.25, 0.3) is 5.91 Å². The Labute approximate surface area is 105 Å². The highest BCUT2D eigenvalue weighted by atomic mass is 16.2. The zero-order valence-electron chi connectivity index (χ0n) is 9.98. The van der Waals surface area contributed by atoms with Gasteiger partial charge in [0, 0.05) is 25.2 Å². The third-order valence-corrected chi connectivity index (χ3v) is 2.90. The summed E-state index contributed by atoms with van der Waals surface area (Å²) in [6.45, 7) is 2.35. The van der Waals surface area contributed by atoms with Crippen LogP contribution in [0.2, 0.25) is 0 Å². The van der Waals surface area contributed by atoms with Gasteiger partial charge in [-0.25, -0.2) is 5.84 Å². The van der Waals surface area contributed by atoms with Gasteiger partial charge in [0.2, 0.25) is 5.91 Å². The average Bonchev–Trinajstić information content (AvgIpc) is 2.38. The van der Waals surface area contributed by atoms with Crippen molar-refractivity contribution in [3.63, 3.8) is 0 Å². The minimum atomic E-state index is -0.313. The van der Waals surface area contributed by atoms with Crippen molar-refractivity contribution in [1.29, 1.82) is 0 Å². The molecule has 0 aliphatic carbocycles. The third kappa shape index (κ3) is 2.85. The monoisotopic (exact) mass is 248 g/mol. The average molecular weight is 248 g/mol. The normalized spacial score (nSPS) is 16.2. The number of benzene rings is 1. The van der Waals surface area contributed by atoms with E-state index in [0.717, 1.165) is 12.1 Å². The van der Waals surface area contributed by atoms with Crippen LogP contribution in [0.4, 0.5) is 0 Å². The van der Waals surface area contributed by atoms with E-state index >= 15 is 0 Å². The van der Waals surface area contributed by atoms with E-state index in [1.165, 1.54) is 0 Å². The number of piperazine rings is 1. The largest absolute Gasteiger partial charge is 0.354 e. The Hall–Kier alpha value is -1.92. The molecule has 0 bridgehead atoms. The zero-order valence-corrected chi connectivity index (χ0v) is 9.98. The molecule has 1 saturated heterocycles. The predicted molar refractivity (Wildman–Crippen MR) is 66.4 cm³/mol. The molecule has 1 fully saturated rings.